The fourth-order valence-electron chi connectivity index (χ4n) is 3.35. The Labute approximate surface area is 141 Å². The first-order chi connectivity index (χ1) is 11.5. The number of benzene rings is 1. The van der Waals surface area contributed by atoms with E-state index in [1.165, 1.54) is 0 Å². The predicted octanol–water partition coefficient (Wildman–Crippen LogP) is 1.74. The summed E-state index contributed by atoms with van der Waals surface area (Å²) in [5, 5.41) is 2.96. The first-order valence-corrected chi connectivity index (χ1v) is 8.73. The Morgan fingerprint density at radius 1 is 1.29 bits per heavy atom. The van der Waals surface area contributed by atoms with E-state index in [0.717, 1.165) is 43.5 Å². The van der Waals surface area contributed by atoms with E-state index in [-0.39, 0.29) is 17.6 Å². The van der Waals surface area contributed by atoms with Crippen molar-refractivity contribution in [2.45, 2.75) is 32.7 Å². The Balaban J connectivity index is 1.60. The largest absolute Gasteiger partial charge is 0.355 e. The zero-order valence-corrected chi connectivity index (χ0v) is 14.4. The summed E-state index contributed by atoms with van der Waals surface area (Å²) in [6.07, 6.45) is 1.78. The first-order valence-electron chi connectivity index (χ1n) is 8.73. The van der Waals surface area contributed by atoms with Crippen molar-refractivity contribution in [2.24, 2.45) is 5.92 Å². The number of nitrogens with zero attached hydrogens (tertiary/aromatic N) is 2. The minimum atomic E-state index is -0.0377. The minimum Gasteiger partial charge on any atom is -0.355 e. The number of hydrogen-bond donors (Lipinski definition) is 2. The van der Waals surface area contributed by atoms with Crippen LogP contribution in [0.25, 0.3) is 11.0 Å². The molecule has 2 heterocycles. The van der Waals surface area contributed by atoms with E-state index in [4.69, 9.17) is 0 Å². The fraction of sp³-hybridized carbons (Fsp3) is 0.556. The quantitative estimate of drug-likeness (QED) is 0.877. The van der Waals surface area contributed by atoms with E-state index in [9.17, 15) is 9.59 Å². The zero-order chi connectivity index (χ0) is 17.1. The Kier molecular flexibility index (Phi) is 5.04. The monoisotopic (exact) mass is 330 g/mol. The van der Waals surface area contributed by atoms with Gasteiger partial charge >= 0.3 is 5.69 Å². The molecule has 6 nitrogen and oxygen atoms in total. The van der Waals surface area contributed by atoms with Gasteiger partial charge in [0.05, 0.1) is 17.6 Å². The highest BCUT2D eigenvalue weighted by molar-refractivity contribution is 5.78. The van der Waals surface area contributed by atoms with Gasteiger partial charge in [0.25, 0.3) is 0 Å². The zero-order valence-electron chi connectivity index (χ0n) is 14.4. The summed E-state index contributed by atoms with van der Waals surface area (Å²) in [5.41, 5.74) is 1.82. The van der Waals surface area contributed by atoms with Crippen molar-refractivity contribution in [3.63, 3.8) is 0 Å². The van der Waals surface area contributed by atoms with Crippen molar-refractivity contribution in [2.75, 3.05) is 26.2 Å². The lowest BCUT2D eigenvalue weighted by atomic mass is 10.0. The molecule has 130 valence electrons. The van der Waals surface area contributed by atoms with E-state index in [0.29, 0.717) is 12.5 Å². The van der Waals surface area contributed by atoms with Gasteiger partial charge in [-0.2, -0.15) is 0 Å². The van der Waals surface area contributed by atoms with Gasteiger partial charge in [-0.3, -0.25) is 14.3 Å². The molecule has 2 aromatic rings. The molecule has 24 heavy (non-hydrogen) atoms. The van der Waals surface area contributed by atoms with Crippen LogP contribution in [0.2, 0.25) is 0 Å². The molecule has 0 saturated carbocycles. The molecule has 0 unspecified atom stereocenters. The third-order valence-electron chi connectivity index (χ3n) is 4.62. The van der Waals surface area contributed by atoms with Crippen molar-refractivity contribution >= 4 is 16.9 Å². The minimum absolute atomic E-state index is 0.0377. The van der Waals surface area contributed by atoms with Crippen LogP contribution in [-0.2, 0) is 4.79 Å². The maximum atomic E-state index is 12.3. The number of carbonyl (C=O) groups excluding carboxylic acids is 1. The number of amides is 1. The molecule has 1 amide bonds. The predicted molar refractivity (Wildman–Crippen MR) is 95.1 cm³/mol. The number of aromatic amines is 1. The molecule has 1 aromatic carbocycles. The van der Waals surface area contributed by atoms with Gasteiger partial charge in [0.1, 0.15) is 0 Å². The molecule has 1 saturated heterocycles. The Hall–Kier alpha value is -2.08. The molecule has 0 aliphatic carbocycles. The summed E-state index contributed by atoms with van der Waals surface area (Å²) >= 11 is 0. The van der Waals surface area contributed by atoms with Gasteiger partial charge in [-0.05, 0) is 30.9 Å². The number of para-hydroxylation sites is 2. The van der Waals surface area contributed by atoms with Crippen molar-refractivity contribution in [1.29, 1.82) is 0 Å². The highest BCUT2D eigenvalue weighted by Gasteiger charge is 2.24. The van der Waals surface area contributed by atoms with Gasteiger partial charge < -0.3 is 10.3 Å². The molecule has 0 spiro atoms. The van der Waals surface area contributed by atoms with E-state index < -0.39 is 0 Å². The third kappa shape index (κ3) is 3.70. The number of likely N-dealkylation sites (tertiary alicyclic amines) is 1. The van der Waals surface area contributed by atoms with Crippen molar-refractivity contribution in [3.8, 4) is 0 Å². The van der Waals surface area contributed by atoms with Gasteiger partial charge in [-0.25, -0.2) is 4.79 Å². The number of imidazole rings is 1. The smallest absolute Gasteiger partial charge is 0.326 e. The molecule has 6 heteroatoms. The molecular formula is C18H26N4O2. The summed E-state index contributed by atoms with van der Waals surface area (Å²) in [6, 6.07) is 8.01. The molecule has 1 aliphatic heterocycles. The lowest BCUT2D eigenvalue weighted by Gasteiger charge is -2.32. The number of nitrogens with one attached hydrogen (secondary N) is 2. The standard InChI is InChI=1S/C18H26N4O2/c1-13(2)11-19-17(23)12-21-9-7-14(8-10-21)22-16-6-4-3-5-15(16)20-18(22)24/h3-6,13-14H,7-12H2,1-2H3,(H,19,23)(H,20,24). The first kappa shape index (κ1) is 16.8. The number of aromatic nitrogens is 2. The second-order valence-corrected chi connectivity index (χ2v) is 7.02. The number of H-pyrrole nitrogens is 1. The number of piperidine rings is 1. The van der Waals surface area contributed by atoms with Crippen molar-refractivity contribution in [1.82, 2.24) is 19.8 Å². The lowest BCUT2D eigenvalue weighted by Crippen LogP contribution is -2.43. The lowest BCUT2D eigenvalue weighted by molar-refractivity contribution is -0.122. The van der Waals surface area contributed by atoms with Gasteiger partial charge in [0.15, 0.2) is 0 Å². The summed E-state index contributed by atoms with van der Waals surface area (Å²) in [4.78, 5) is 29.3. The second kappa shape index (κ2) is 7.21. The Morgan fingerprint density at radius 3 is 2.71 bits per heavy atom. The SMILES string of the molecule is CC(C)CNC(=O)CN1CCC(n2c(=O)[nH]c3ccccc32)CC1. The average molecular weight is 330 g/mol. The number of fused-ring (bicyclic) bond motifs is 1. The molecule has 1 fully saturated rings. The third-order valence-corrected chi connectivity index (χ3v) is 4.62. The van der Waals surface area contributed by atoms with Crippen LogP contribution in [0, 0.1) is 5.92 Å². The summed E-state index contributed by atoms with van der Waals surface area (Å²) < 4.78 is 1.88. The summed E-state index contributed by atoms with van der Waals surface area (Å²) in [7, 11) is 0. The second-order valence-electron chi connectivity index (χ2n) is 7.02. The van der Waals surface area contributed by atoms with Crippen LogP contribution in [0.3, 0.4) is 0 Å². The number of hydrogen-bond acceptors (Lipinski definition) is 3. The van der Waals surface area contributed by atoms with Gasteiger partial charge in [-0.1, -0.05) is 26.0 Å². The molecule has 0 radical (unpaired) electrons. The maximum Gasteiger partial charge on any atom is 0.326 e. The van der Waals surface area contributed by atoms with Crippen molar-refractivity contribution in [3.05, 3.63) is 34.7 Å². The summed E-state index contributed by atoms with van der Waals surface area (Å²) in [6.45, 7) is 7.02. The van der Waals surface area contributed by atoms with Crippen LogP contribution in [0.15, 0.2) is 29.1 Å². The number of carbonyl (C=O) groups is 1. The molecule has 0 atom stereocenters. The molecule has 0 bridgehead atoms. The molecular weight excluding hydrogens is 304 g/mol. The van der Waals surface area contributed by atoms with Gasteiger partial charge in [0, 0.05) is 25.7 Å². The maximum absolute atomic E-state index is 12.3. The molecule has 1 aromatic heterocycles. The van der Waals surface area contributed by atoms with Crippen LogP contribution >= 0.6 is 0 Å². The van der Waals surface area contributed by atoms with Gasteiger partial charge in [0.2, 0.25) is 5.91 Å². The van der Waals surface area contributed by atoms with Crippen molar-refractivity contribution < 1.29 is 4.79 Å². The molecule has 3 rings (SSSR count). The Morgan fingerprint density at radius 2 is 2.00 bits per heavy atom. The topological polar surface area (TPSA) is 70.1 Å². The molecule has 2 N–H and O–H groups in total. The van der Waals surface area contributed by atoms with Gasteiger partial charge in [-0.15, -0.1) is 0 Å². The van der Waals surface area contributed by atoms with E-state index >= 15 is 0 Å². The van der Waals surface area contributed by atoms with Crippen LogP contribution < -0.4 is 11.0 Å². The normalized spacial score (nSPS) is 16.8. The molecule has 1 aliphatic rings. The fourth-order valence-corrected chi connectivity index (χ4v) is 3.35. The highest BCUT2D eigenvalue weighted by atomic mass is 16.2. The number of rotatable bonds is 5. The average Bonchev–Trinajstić information content (AvgIpc) is 2.89. The Bertz CT molecular complexity index is 754. The van der Waals surface area contributed by atoms with E-state index in [1.807, 2.05) is 28.8 Å². The van der Waals surface area contributed by atoms with Crippen LogP contribution in [0.5, 0.6) is 0 Å². The van der Waals surface area contributed by atoms with Crippen LogP contribution in [-0.4, -0.2) is 46.5 Å². The summed E-state index contributed by atoms with van der Waals surface area (Å²) in [5.74, 6) is 0.555. The van der Waals surface area contributed by atoms with Crippen LogP contribution in [0.4, 0.5) is 0 Å². The van der Waals surface area contributed by atoms with E-state index in [2.05, 4.69) is 29.0 Å². The highest BCUT2D eigenvalue weighted by Crippen LogP contribution is 2.24. The van der Waals surface area contributed by atoms with E-state index in [1.54, 1.807) is 0 Å². The van der Waals surface area contributed by atoms with Crippen LogP contribution in [0.1, 0.15) is 32.7 Å².